The molecule has 1 saturated heterocycles. The standard InChI is InChI=1S/C24H26ClN7O4S2/c1-13-9-32(10-14(2)36-13)11-22-28-21(12-37-22)24(33)29-18-4-15(5-19-17(18)8-27-30-19)16-6-20(23(25)26-7-16)31-38(3,34)35/h4-8,12-14,31H,9-11H2,1-3H3,(H,27,30)(H,29,33)/t13-,14+. The number of aromatic nitrogens is 4. The Labute approximate surface area is 228 Å². The lowest BCUT2D eigenvalue weighted by molar-refractivity contribution is -0.0705. The number of nitrogens with one attached hydrogen (secondary N) is 3. The molecule has 1 aliphatic heterocycles. The van der Waals surface area contributed by atoms with Crippen LogP contribution < -0.4 is 10.0 Å². The predicted octanol–water partition coefficient (Wildman–Crippen LogP) is 3.97. The molecular weight excluding hydrogens is 550 g/mol. The van der Waals surface area contributed by atoms with Crippen molar-refractivity contribution in [3.8, 4) is 11.1 Å². The maximum absolute atomic E-state index is 13.2. The number of sulfonamides is 1. The van der Waals surface area contributed by atoms with Crippen molar-refractivity contribution in [2.24, 2.45) is 0 Å². The van der Waals surface area contributed by atoms with E-state index < -0.39 is 10.0 Å². The largest absolute Gasteiger partial charge is 0.373 e. The average Bonchev–Trinajstić information content (AvgIpc) is 3.49. The minimum absolute atomic E-state index is 0.0238. The quantitative estimate of drug-likeness (QED) is 0.281. The van der Waals surface area contributed by atoms with Gasteiger partial charge in [-0.1, -0.05) is 11.6 Å². The fraction of sp³-hybridized carbons (Fsp3) is 0.333. The van der Waals surface area contributed by atoms with Gasteiger partial charge in [-0.2, -0.15) is 5.10 Å². The predicted molar refractivity (Wildman–Crippen MR) is 148 cm³/mol. The molecule has 2 atom stereocenters. The van der Waals surface area contributed by atoms with Crippen LogP contribution in [0.1, 0.15) is 29.3 Å². The first-order valence-electron chi connectivity index (χ1n) is 11.8. The first-order valence-corrected chi connectivity index (χ1v) is 14.9. The molecule has 3 N–H and O–H groups in total. The number of thiazole rings is 1. The molecule has 1 aromatic carbocycles. The molecule has 0 aliphatic carbocycles. The van der Waals surface area contributed by atoms with Gasteiger partial charge in [0, 0.05) is 35.6 Å². The van der Waals surface area contributed by atoms with Gasteiger partial charge in [0.15, 0.2) is 5.15 Å². The van der Waals surface area contributed by atoms with Crippen LogP contribution in [0.5, 0.6) is 0 Å². The minimum atomic E-state index is -3.56. The summed E-state index contributed by atoms with van der Waals surface area (Å²) in [4.78, 5) is 24.1. The third-order valence-corrected chi connectivity index (χ3v) is 7.64. The fourth-order valence-electron chi connectivity index (χ4n) is 4.48. The first kappa shape index (κ1) is 26.5. The molecule has 0 radical (unpaired) electrons. The molecule has 1 aliphatic rings. The molecule has 1 amide bonds. The topological polar surface area (TPSA) is 142 Å². The van der Waals surface area contributed by atoms with Crippen LogP contribution in [0.3, 0.4) is 0 Å². The van der Waals surface area contributed by atoms with Crippen molar-refractivity contribution in [2.75, 3.05) is 29.4 Å². The number of nitrogens with zero attached hydrogens (tertiary/aromatic N) is 4. The summed E-state index contributed by atoms with van der Waals surface area (Å²) in [7, 11) is -3.56. The normalized spacial score (nSPS) is 18.5. The lowest BCUT2D eigenvalue weighted by atomic mass is 10.0. The number of ether oxygens (including phenoxy) is 1. The number of hydrogen-bond donors (Lipinski definition) is 3. The summed E-state index contributed by atoms with van der Waals surface area (Å²) < 4.78 is 31.6. The molecule has 4 aromatic rings. The molecule has 200 valence electrons. The Morgan fingerprint density at radius 3 is 2.66 bits per heavy atom. The van der Waals surface area contributed by atoms with Gasteiger partial charge in [-0.15, -0.1) is 11.3 Å². The number of amides is 1. The van der Waals surface area contributed by atoms with Crippen LogP contribution in [0.4, 0.5) is 11.4 Å². The van der Waals surface area contributed by atoms with Gasteiger partial charge in [0.1, 0.15) is 10.7 Å². The zero-order valence-electron chi connectivity index (χ0n) is 20.9. The summed E-state index contributed by atoms with van der Waals surface area (Å²) in [6, 6.07) is 5.19. The summed E-state index contributed by atoms with van der Waals surface area (Å²) in [5, 5.41) is 13.3. The second-order valence-electron chi connectivity index (χ2n) is 9.32. The molecule has 0 bridgehead atoms. The van der Waals surface area contributed by atoms with E-state index in [9.17, 15) is 13.2 Å². The molecule has 5 rings (SSSR count). The molecule has 1 fully saturated rings. The van der Waals surface area contributed by atoms with Crippen molar-refractivity contribution in [1.82, 2.24) is 25.1 Å². The number of carbonyl (C=O) groups is 1. The van der Waals surface area contributed by atoms with Crippen LogP contribution in [0.2, 0.25) is 5.15 Å². The van der Waals surface area contributed by atoms with Gasteiger partial charge in [0.25, 0.3) is 5.91 Å². The lowest BCUT2D eigenvalue weighted by Crippen LogP contribution is -2.44. The van der Waals surface area contributed by atoms with Crippen molar-refractivity contribution in [2.45, 2.75) is 32.6 Å². The summed E-state index contributed by atoms with van der Waals surface area (Å²) >= 11 is 7.53. The van der Waals surface area contributed by atoms with E-state index in [1.807, 2.05) is 6.07 Å². The monoisotopic (exact) mass is 575 g/mol. The molecule has 3 aromatic heterocycles. The summed E-state index contributed by atoms with van der Waals surface area (Å²) in [5.74, 6) is -0.343. The number of fused-ring (bicyclic) bond motifs is 1. The number of rotatable bonds is 7. The van der Waals surface area contributed by atoms with Crippen molar-refractivity contribution >= 4 is 61.1 Å². The van der Waals surface area contributed by atoms with Gasteiger partial charge in [0.2, 0.25) is 10.0 Å². The van der Waals surface area contributed by atoms with Gasteiger partial charge in [-0.3, -0.25) is 19.5 Å². The number of morpholine rings is 1. The van der Waals surface area contributed by atoms with E-state index >= 15 is 0 Å². The molecule has 0 unspecified atom stereocenters. The Morgan fingerprint density at radius 1 is 1.18 bits per heavy atom. The number of aromatic amines is 1. The number of halogens is 1. The fourth-order valence-corrected chi connectivity index (χ4v) is 6.05. The maximum Gasteiger partial charge on any atom is 0.275 e. The van der Waals surface area contributed by atoms with Gasteiger partial charge >= 0.3 is 0 Å². The summed E-state index contributed by atoms with van der Waals surface area (Å²) in [6.07, 6.45) is 4.49. The van der Waals surface area contributed by atoms with Crippen LogP contribution in [0.25, 0.3) is 22.0 Å². The van der Waals surface area contributed by atoms with Crippen molar-refractivity contribution in [3.05, 3.63) is 51.8 Å². The second-order valence-corrected chi connectivity index (χ2v) is 12.4. The lowest BCUT2D eigenvalue weighted by Gasteiger charge is -2.34. The number of hydrogen-bond acceptors (Lipinski definition) is 9. The van der Waals surface area contributed by atoms with E-state index in [0.29, 0.717) is 40.0 Å². The molecule has 0 saturated carbocycles. The second kappa shape index (κ2) is 10.6. The summed E-state index contributed by atoms with van der Waals surface area (Å²) in [6.45, 7) is 6.40. The van der Waals surface area contributed by atoms with Crippen LogP contribution in [0.15, 0.2) is 36.0 Å². The van der Waals surface area contributed by atoms with E-state index in [1.165, 1.54) is 17.5 Å². The van der Waals surface area contributed by atoms with E-state index in [0.717, 1.165) is 24.4 Å². The van der Waals surface area contributed by atoms with Gasteiger partial charge in [0.05, 0.1) is 48.1 Å². The van der Waals surface area contributed by atoms with Crippen molar-refractivity contribution in [1.29, 1.82) is 0 Å². The number of carbonyl (C=O) groups excluding carboxylic acids is 1. The maximum atomic E-state index is 13.2. The SMILES string of the molecule is C[C@@H]1CN(Cc2nc(C(=O)Nc3cc(-c4cnc(Cl)c(NS(C)(=O)=O)c4)cc4[nH]ncc34)cs2)C[C@H](C)O1. The van der Waals surface area contributed by atoms with Gasteiger partial charge in [-0.25, -0.2) is 18.4 Å². The Bertz CT molecular complexity index is 1590. The van der Waals surface area contributed by atoms with Gasteiger partial charge < -0.3 is 10.1 Å². The smallest absolute Gasteiger partial charge is 0.275 e. The number of H-pyrrole nitrogens is 1. The molecule has 11 nitrogen and oxygen atoms in total. The Morgan fingerprint density at radius 2 is 1.92 bits per heavy atom. The van der Waals surface area contributed by atoms with Crippen LogP contribution in [0, 0.1) is 0 Å². The summed E-state index contributed by atoms with van der Waals surface area (Å²) in [5.41, 5.74) is 2.95. The highest BCUT2D eigenvalue weighted by atomic mass is 35.5. The van der Waals surface area contributed by atoms with E-state index in [2.05, 4.69) is 49.0 Å². The number of anilines is 2. The zero-order valence-corrected chi connectivity index (χ0v) is 23.2. The van der Waals surface area contributed by atoms with Crippen molar-refractivity contribution < 1.29 is 17.9 Å². The Kier molecular flexibility index (Phi) is 7.38. The molecule has 0 spiro atoms. The highest BCUT2D eigenvalue weighted by Gasteiger charge is 2.23. The zero-order chi connectivity index (χ0) is 27.0. The molecule has 14 heteroatoms. The molecule has 4 heterocycles. The molecular formula is C24H26ClN7O4S2. The van der Waals surface area contributed by atoms with E-state index in [1.54, 1.807) is 23.7 Å². The first-order chi connectivity index (χ1) is 18.0. The third kappa shape index (κ3) is 6.13. The van der Waals surface area contributed by atoms with Crippen LogP contribution in [-0.4, -0.2) is 70.9 Å². The van der Waals surface area contributed by atoms with Crippen LogP contribution in [-0.2, 0) is 21.3 Å². The minimum Gasteiger partial charge on any atom is -0.373 e. The average molecular weight is 576 g/mol. The molecule has 38 heavy (non-hydrogen) atoms. The Hall–Kier alpha value is -3.10. The Balaban J connectivity index is 1.38. The van der Waals surface area contributed by atoms with E-state index in [-0.39, 0.29) is 29.0 Å². The number of benzene rings is 1. The van der Waals surface area contributed by atoms with Crippen molar-refractivity contribution in [3.63, 3.8) is 0 Å². The number of pyridine rings is 1. The highest BCUT2D eigenvalue weighted by molar-refractivity contribution is 7.92. The van der Waals surface area contributed by atoms with E-state index in [4.69, 9.17) is 16.3 Å². The third-order valence-electron chi connectivity index (χ3n) is 5.91. The van der Waals surface area contributed by atoms with Gasteiger partial charge in [-0.05, 0) is 37.6 Å². The highest BCUT2D eigenvalue weighted by Crippen LogP contribution is 2.33. The van der Waals surface area contributed by atoms with Crippen LogP contribution >= 0.6 is 22.9 Å².